The minimum Gasteiger partial charge on any atom is -0.0801 e. The Morgan fingerprint density at radius 1 is 0.529 bits per heavy atom. The molecule has 0 heteroatoms. The molecule has 7 aromatic carbocycles. The molecule has 9 rings (SSSR count). The average Bonchev–Trinajstić information content (AvgIpc) is 3.63. The van der Waals surface area contributed by atoms with Crippen molar-refractivity contribution in [2.24, 2.45) is 0 Å². The van der Waals surface area contributed by atoms with Gasteiger partial charge in [-0.15, -0.1) is 0 Å². The molecule has 0 bridgehead atoms. The normalized spacial score (nSPS) is 14.2. The molecular formula is C51H42. The van der Waals surface area contributed by atoms with Crippen LogP contribution in [0.4, 0.5) is 0 Å². The number of benzene rings is 7. The maximum atomic E-state index is 2.45. The van der Waals surface area contributed by atoms with Crippen LogP contribution in [-0.4, -0.2) is 0 Å². The lowest BCUT2D eigenvalue weighted by Crippen LogP contribution is -2.02. The summed E-state index contributed by atoms with van der Waals surface area (Å²) >= 11 is 0. The first kappa shape index (κ1) is 32.2. The van der Waals surface area contributed by atoms with E-state index in [2.05, 4.69) is 182 Å². The van der Waals surface area contributed by atoms with Gasteiger partial charge in [0.15, 0.2) is 0 Å². The molecule has 0 radical (unpaired) electrons. The van der Waals surface area contributed by atoms with Crippen molar-refractivity contribution in [3.8, 4) is 22.3 Å². The van der Waals surface area contributed by atoms with Crippen molar-refractivity contribution in [1.82, 2.24) is 0 Å². The van der Waals surface area contributed by atoms with Gasteiger partial charge in [0.2, 0.25) is 0 Å². The van der Waals surface area contributed by atoms with E-state index in [1.54, 1.807) is 0 Å². The zero-order chi connectivity index (χ0) is 34.6. The van der Waals surface area contributed by atoms with Gasteiger partial charge in [0.1, 0.15) is 0 Å². The van der Waals surface area contributed by atoms with Crippen molar-refractivity contribution in [3.05, 3.63) is 215 Å². The standard InChI is InChI=1S/C49H36.C2H6/c1-3-13-35(14-4-1)40-22-23-43-33-41(24-25-42(43)32-40)39-19-11-12-34(30-39)31-48-45-21-10-8-16-37(45)27-29-47(48)49(38-17-5-2-6-18-38)46-28-26-36-15-7-9-20-44(36)46;1-2/h1-17,19-25,27-30,32-33H,18,26,31H2;1-2H3/b49-38-;. The van der Waals surface area contributed by atoms with Gasteiger partial charge in [0.05, 0.1) is 0 Å². The van der Waals surface area contributed by atoms with Crippen LogP contribution >= 0.6 is 0 Å². The third-order valence-electron chi connectivity index (χ3n) is 10.2. The van der Waals surface area contributed by atoms with Crippen molar-refractivity contribution in [3.63, 3.8) is 0 Å². The van der Waals surface area contributed by atoms with Gasteiger partial charge in [-0.2, -0.15) is 0 Å². The fourth-order valence-corrected chi connectivity index (χ4v) is 7.77. The summed E-state index contributed by atoms with van der Waals surface area (Å²) in [7, 11) is 0. The second-order valence-electron chi connectivity index (χ2n) is 13.2. The third-order valence-corrected chi connectivity index (χ3v) is 10.2. The second-order valence-corrected chi connectivity index (χ2v) is 13.2. The summed E-state index contributed by atoms with van der Waals surface area (Å²) in [5, 5.41) is 5.13. The Morgan fingerprint density at radius 2 is 1.22 bits per heavy atom. The highest BCUT2D eigenvalue weighted by atomic mass is 14.3. The first-order chi connectivity index (χ1) is 25.3. The molecule has 0 saturated heterocycles. The highest BCUT2D eigenvalue weighted by molar-refractivity contribution is 6.11. The lowest BCUT2D eigenvalue weighted by Gasteiger charge is -2.22. The summed E-state index contributed by atoms with van der Waals surface area (Å²) < 4.78 is 0. The zero-order valence-electron chi connectivity index (χ0n) is 29.4. The van der Waals surface area contributed by atoms with Gasteiger partial charge < -0.3 is 0 Å². The number of fused-ring (bicyclic) bond motifs is 3. The smallest absolute Gasteiger partial charge is 0.00132 e. The molecule has 0 atom stereocenters. The van der Waals surface area contributed by atoms with E-state index >= 15 is 0 Å². The largest absolute Gasteiger partial charge is 0.0801 e. The molecule has 51 heavy (non-hydrogen) atoms. The quantitative estimate of drug-likeness (QED) is 0.167. The summed E-state index contributed by atoms with van der Waals surface area (Å²) in [6, 6.07) is 56.0. The molecule has 0 aliphatic heterocycles. The van der Waals surface area contributed by atoms with Crippen LogP contribution in [0.15, 0.2) is 188 Å². The Hall–Kier alpha value is -5.98. The van der Waals surface area contributed by atoms with Crippen molar-refractivity contribution in [2.45, 2.75) is 33.1 Å². The van der Waals surface area contributed by atoms with Crippen molar-refractivity contribution in [1.29, 1.82) is 0 Å². The minimum absolute atomic E-state index is 0.851. The van der Waals surface area contributed by atoms with Crippen LogP contribution in [0.25, 0.3) is 54.9 Å². The van der Waals surface area contributed by atoms with Crippen LogP contribution in [0, 0.1) is 0 Å². The molecule has 0 amide bonds. The van der Waals surface area contributed by atoms with E-state index in [9.17, 15) is 0 Å². The topological polar surface area (TPSA) is 0 Å². The highest BCUT2D eigenvalue weighted by Gasteiger charge is 2.24. The van der Waals surface area contributed by atoms with E-state index in [1.165, 1.54) is 88.3 Å². The van der Waals surface area contributed by atoms with Crippen LogP contribution < -0.4 is 0 Å². The van der Waals surface area contributed by atoms with Gasteiger partial charge in [0, 0.05) is 0 Å². The summed E-state index contributed by atoms with van der Waals surface area (Å²) in [4.78, 5) is 0. The van der Waals surface area contributed by atoms with Crippen molar-refractivity contribution >= 4 is 32.7 Å². The first-order valence-corrected chi connectivity index (χ1v) is 18.3. The van der Waals surface area contributed by atoms with Crippen LogP contribution in [0.3, 0.4) is 0 Å². The SMILES string of the molecule is C1=CC/C(=C(/C2=CCc3ccccc32)c2ccc3ccccc3c2Cc2cccc(-c3ccc4cc(-c5ccccc5)ccc4c3)c2)C=C1.CC. The molecule has 2 aliphatic rings. The molecule has 2 aliphatic carbocycles. The molecule has 0 spiro atoms. The first-order valence-electron chi connectivity index (χ1n) is 18.3. The van der Waals surface area contributed by atoms with E-state index < -0.39 is 0 Å². The van der Waals surface area contributed by atoms with Gasteiger partial charge in [-0.1, -0.05) is 184 Å². The van der Waals surface area contributed by atoms with Crippen LogP contribution in [0.1, 0.15) is 48.1 Å². The van der Waals surface area contributed by atoms with Gasteiger partial charge >= 0.3 is 0 Å². The second kappa shape index (κ2) is 14.5. The maximum Gasteiger partial charge on any atom is -0.00132 e. The minimum atomic E-state index is 0.851. The maximum absolute atomic E-state index is 2.45. The van der Waals surface area contributed by atoms with E-state index in [1.807, 2.05) is 13.8 Å². The number of allylic oxidation sites excluding steroid dienone is 8. The molecule has 0 aromatic heterocycles. The summed E-state index contributed by atoms with van der Waals surface area (Å²) in [6.45, 7) is 4.00. The Bertz CT molecular complexity index is 2500. The Balaban J connectivity index is 0.00000184. The summed E-state index contributed by atoms with van der Waals surface area (Å²) in [5.74, 6) is 0. The fraction of sp³-hybridized carbons (Fsp3) is 0.0980. The third kappa shape index (κ3) is 6.42. The molecule has 0 unspecified atom stereocenters. The number of hydrogen-bond donors (Lipinski definition) is 0. The highest BCUT2D eigenvalue weighted by Crippen LogP contribution is 2.44. The molecule has 0 N–H and O–H groups in total. The lowest BCUT2D eigenvalue weighted by molar-refractivity contribution is 1.19. The van der Waals surface area contributed by atoms with Crippen LogP contribution in [-0.2, 0) is 12.8 Å². The van der Waals surface area contributed by atoms with E-state index in [4.69, 9.17) is 0 Å². The Morgan fingerprint density at radius 3 is 2.02 bits per heavy atom. The molecule has 246 valence electrons. The number of rotatable bonds is 6. The van der Waals surface area contributed by atoms with Gasteiger partial charge in [0.25, 0.3) is 0 Å². The Labute approximate surface area is 302 Å². The molecule has 7 aromatic rings. The molecular weight excluding hydrogens is 613 g/mol. The molecule has 0 heterocycles. The van der Waals surface area contributed by atoms with Gasteiger partial charge in [-0.3, -0.25) is 0 Å². The number of hydrogen-bond acceptors (Lipinski definition) is 0. The predicted octanol–water partition coefficient (Wildman–Crippen LogP) is 13.9. The van der Waals surface area contributed by atoms with Gasteiger partial charge in [-0.05, 0) is 120 Å². The van der Waals surface area contributed by atoms with Crippen LogP contribution in [0.5, 0.6) is 0 Å². The summed E-state index contributed by atoms with van der Waals surface area (Å²) in [5.41, 5.74) is 15.9. The Kier molecular flexibility index (Phi) is 9.15. The molecule has 0 saturated carbocycles. The predicted molar refractivity (Wildman–Crippen MR) is 221 cm³/mol. The molecule has 0 fully saturated rings. The lowest BCUT2D eigenvalue weighted by atomic mass is 9.82. The van der Waals surface area contributed by atoms with Gasteiger partial charge in [-0.25, -0.2) is 0 Å². The van der Waals surface area contributed by atoms with E-state index in [-0.39, 0.29) is 0 Å². The summed E-state index contributed by atoms with van der Waals surface area (Å²) in [6.07, 6.45) is 14.2. The van der Waals surface area contributed by atoms with Crippen molar-refractivity contribution < 1.29 is 0 Å². The van der Waals surface area contributed by atoms with Crippen molar-refractivity contribution in [2.75, 3.05) is 0 Å². The van der Waals surface area contributed by atoms with E-state index in [0.29, 0.717) is 0 Å². The van der Waals surface area contributed by atoms with E-state index in [0.717, 1.165) is 19.3 Å². The average molecular weight is 655 g/mol. The van der Waals surface area contributed by atoms with Crippen LogP contribution in [0.2, 0.25) is 0 Å². The zero-order valence-corrected chi connectivity index (χ0v) is 29.4. The molecule has 0 nitrogen and oxygen atoms in total. The fourth-order valence-electron chi connectivity index (χ4n) is 7.77. The monoisotopic (exact) mass is 654 g/mol.